The van der Waals surface area contributed by atoms with E-state index >= 15 is 0 Å². The van der Waals surface area contributed by atoms with E-state index in [0.717, 1.165) is 11.5 Å². The second-order valence-electron chi connectivity index (χ2n) is 2.38. The summed E-state index contributed by atoms with van der Waals surface area (Å²) in [5.41, 5.74) is 6.20. The van der Waals surface area contributed by atoms with Crippen molar-refractivity contribution in [3.63, 3.8) is 0 Å². The molecule has 0 atom stereocenters. The van der Waals surface area contributed by atoms with Gasteiger partial charge in [-0.15, -0.1) is 11.3 Å². The Morgan fingerprint density at radius 2 is 2.46 bits per heavy atom. The van der Waals surface area contributed by atoms with E-state index in [2.05, 4.69) is 4.98 Å². The van der Waals surface area contributed by atoms with Gasteiger partial charge in [-0.2, -0.15) is 0 Å². The van der Waals surface area contributed by atoms with Crippen molar-refractivity contribution in [2.24, 2.45) is 5.73 Å². The number of hydrogen-bond donors (Lipinski definition) is 1. The minimum atomic E-state index is 0.322. The highest BCUT2D eigenvalue weighted by Gasteiger charge is 2.07. The SMILES string of the molecule is NC(=S)c1nc(-c2ccco2)cs1. The Labute approximate surface area is 84.2 Å². The Morgan fingerprint density at radius 1 is 1.62 bits per heavy atom. The van der Waals surface area contributed by atoms with Crippen LogP contribution in [0.25, 0.3) is 11.5 Å². The van der Waals surface area contributed by atoms with Crippen LogP contribution in [0.3, 0.4) is 0 Å². The van der Waals surface area contributed by atoms with Gasteiger partial charge in [-0.05, 0) is 12.1 Å². The summed E-state index contributed by atoms with van der Waals surface area (Å²) in [4.78, 5) is 4.53. The van der Waals surface area contributed by atoms with Crippen molar-refractivity contribution in [2.75, 3.05) is 0 Å². The molecule has 2 aromatic heterocycles. The lowest BCUT2D eigenvalue weighted by atomic mass is 10.4. The van der Waals surface area contributed by atoms with Gasteiger partial charge in [0.1, 0.15) is 10.7 Å². The second-order valence-corrected chi connectivity index (χ2v) is 3.68. The molecule has 0 amide bonds. The van der Waals surface area contributed by atoms with Crippen LogP contribution >= 0.6 is 23.6 Å². The Kier molecular flexibility index (Phi) is 2.12. The van der Waals surface area contributed by atoms with Crippen molar-refractivity contribution in [1.82, 2.24) is 4.98 Å². The van der Waals surface area contributed by atoms with E-state index in [0.29, 0.717) is 10.00 Å². The minimum Gasteiger partial charge on any atom is -0.463 e. The lowest BCUT2D eigenvalue weighted by Gasteiger charge is -1.88. The molecular formula is C8H6N2OS2. The molecule has 0 aliphatic rings. The summed E-state index contributed by atoms with van der Waals surface area (Å²) in [5, 5.41) is 2.54. The van der Waals surface area contributed by atoms with Gasteiger partial charge in [-0.3, -0.25) is 0 Å². The molecule has 2 N–H and O–H groups in total. The molecule has 66 valence electrons. The molecule has 0 aliphatic carbocycles. The predicted octanol–water partition coefficient (Wildman–Crippen LogP) is 2.04. The van der Waals surface area contributed by atoms with Crippen molar-refractivity contribution in [2.45, 2.75) is 0 Å². The summed E-state index contributed by atoms with van der Waals surface area (Å²) in [5.74, 6) is 0.735. The van der Waals surface area contributed by atoms with Crippen molar-refractivity contribution in [3.05, 3.63) is 28.8 Å². The summed E-state index contributed by atoms with van der Waals surface area (Å²) in [6.45, 7) is 0. The van der Waals surface area contributed by atoms with Crippen LogP contribution in [0, 0.1) is 0 Å². The average molecular weight is 210 g/mol. The van der Waals surface area contributed by atoms with Gasteiger partial charge in [0.15, 0.2) is 10.8 Å². The molecule has 0 radical (unpaired) electrons. The molecule has 0 spiro atoms. The Balaban J connectivity index is 2.39. The number of nitrogens with two attached hydrogens (primary N) is 1. The van der Waals surface area contributed by atoms with Crippen LogP contribution < -0.4 is 5.73 Å². The maximum atomic E-state index is 5.43. The second kappa shape index (κ2) is 3.27. The number of nitrogens with zero attached hydrogens (tertiary/aromatic N) is 1. The normalized spacial score (nSPS) is 10.2. The molecule has 3 nitrogen and oxygen atoms in total. The third kappa shape index (κ3) is 1.61. The van der Waals surface area contributed by atoms with Gasteiger partial charge >= 0.3 is 0 Å². The van der Waals surface area contributed by atoms with E-state index in [4.69, 9.17) is 22.4 Å². The van der Waals surface area contributed by atoms with Gasteiger partial charge in [0.25, 0.3) is 0 Å². The number of hydrogen-bond acceptors (Lipinski definition) is 4. The van der Waals surface area contributed by atoms with Crippen LogP contribution in [-0.4, -0.2) is 9.97 Å². The highest BCUT2D eigenvalue weighted by molar-refractivity contribution is 7.81. The monoisotopic (exact) mass is 210 g/mol. The molecule has 13 heavy (non-hydrogen) atoms. The minimum absolute atomic E-state index is 0.322. The van der Waals surface area contributed by atoms with Crippen molar-refractivity contribution < 1.29 is 4.42 Å². The zero-order valence-corrected chi connectivity index (χ0v) is 8.19. The first-order chi connectivity index (χ1) is 6.27. The van der Waals surface area contributed by atoms with Crippen LogP contribution in [-0.2, 0) is 0 Å². The predicted molar refractivity (Wildman–Crippen MR) is 55.7 cm³/mol. The summed E-state index contributed by atoms with van der Waals surface area (Å²) < 4.78 is 5.17. The van der Waals surface area contributed by atoms with Crippen molar-refractivity contribution in [1.29, 1.82) is 0 Å². The van der Waals surface area contributed by atoms with Crippen LogP contribution in [0.4, 0.5) is 0 Å². The van der Waals surface area contributed by atoms with E-state index in [9.17, 15) is 0 Å². The summed E-state index contributed by atoms with van der Waals surface area (Å²) >= 11 is 6.22. The number of aromatic nitrogens is 1. The molecule has 2 rings (SSSR count). The Morgan fingerprint density at radius 3 is 3.00 bits per heavy atom. The van der Waals surface area contributed by atoms with Crippen LogP contribution in [0.15, 0.2) is 28.2 Å². The summed E-state index contributed by atoms with van der Waals surface area (Å²) in [7, 11) is 0. The topological polar surface area (TPSA) is 52.0 Å². The molecule has 0 aromatic carbocycles. The fraction of sp³-hybridized carbons (Fsp3) is 0. The zero-order valence-electron chi connectivity index (χ0n) is 6.56. The lowest BCUT2D eigenvalue weighted by Crippen LogP contribution is -2.08. The standard InChI is InChI=1S/C8H6N2OS2/c9-7(12)8-10-5(4-13-8)6-2-1-3-11-6/h1-4H,(H2,9,12). The van der Waals surface area contributed by atoms with Gasteiger partial charge in [-0.1, -0.05) is 12.2 Å². The fourth-order valence-corrected chi connectivity index (χ4v) is 1.77. The molecule has 0 aliphatic heterocycles. The van der Waals surface area contributed by atoms with E-state index in [1.165, 1.54) is 11.3 Å². The molecular weight excluding hydrogens is 204 g/mol. The maximum absolute atomic E-state index is 5.43. The van der Waals surface area contributed by atoms with E-state index < -0.39 is 0 Å². The van der Waals surface area contributed by atoms with Crippen molar-refractivity contribution >= 4 is 28.5 Å². The van der Waals surface area contributed by atoms with Gasteiger partial charge < -0.3 is 10.2 Å². The van der Waals surface area contributed by atoms with Gasteiger partial charge in [0, 0.05) is 5.38 Å². The van der Waals surface area contributed by atoms with Crippen LogP contribution in [0.2, 0.25) is 0 Å². The van der Waals surface area contributed by atoms with Crippen LogP contribution in [0.1, 0.15) is 5.01 Å². The quantitative estimate of drug-likeness (QED) is 0.771. The van der Waals surface area contributed by atoms with E-state index in [1.807, 2.05) is 17.5 Å². The number of furan rings is 1. The van der Waals surface area contributed by atoms with Gasteiger partial charge in [0.05, 0.1) is 6.26 Å². The Hall–Kier alpha value is -1.20. The lowest BCUT2D eigenvalue weighted by molar-refractivity contribution is 0.580. The first-order valence-electron chi connectivity index (χ1n) is 3.56. The first-order valence-corrected chi connectivity index (χ1v) is 4.85. The van der Waals surface area contributed by atoms with E-state index in [-0.39, 0.29) is 0 Å². The third-order valence-corrected chi connectivity index (χ3v) is 2.69. The number of thiocarbonyl (C=S) groups is 1. The molecule has 0 unspecified atom stereocenters. The highest BCUT2D eigenvalue weighted by atomic mass is 32.1. The smallest absolute Gasteiger partial charge is 0.153 e. The largest absolute Gasteiger partial charge is 0.463 e. The van der Waals surface area contributed by atoms with Crippen LogP contribution in [0.5, 0.6) is 0 Å². The number of rotatable bonds is 2. The number of thiazole rings is 1. The van der Waals surface area contributed by atoms with Gasteiger partial charge in [0.2, 0.25) is 0 Å². The third-order valence-electron chi connectivity index (χ3n) is 1.49. The molecule has 0 bridgehead atoms. The Bertz CT molecular complexity index is 419. The van der Waals surface area contributed by atoms with E-state index in [1.54, 1.807) is 6.26 Å². The molecule has 0 fully saturated rings. The molecule has 5 heteroatoms. The molecule has 0 saturated heterocycles. The highest BCUT2D eigenvalue weighted by Crippen LogP contribution is 2.21. The summed E-state index contributed by atoms with van der Waals surface area (Å²) in [6, 6.07) is 3.66. The zero-order chi connectivity index (χ0) is 9.26. The van der Waals surface area contributed by atoms with Crippen molar-refractivity contribution in [3.8, 4) is 11.5 Å². The first kappa shape index (κ1) is 8.40. The van der Waals surface area contributed by atoms with Gasteiger partial charge in [-0.25, -0.2) is 4.98 Å². The molecule has 0 saturated carbocycles. The fourth-order valence-electron chi connectivity index (χ4n) is 0.924. The average Bonchev–Trinajstić information content (AvgIpc) is 2.75. The maximum Gasteiger partial charge on any atom is 0.153 e. The molecule has 2 heterocycles. The summed E-state index contributed by atoms with van der Waals surface area (Å²) in [6.07, 6.45) is 1.61. The molecule has 2 aromatic rings.